The molecule has 1 saturated heterocycles. The summed E-state index contributed by atoms with van der Waals surface area (Å²) < 4.78 is 7.88. The van der Waals surface area contributed by atoms with Gasteiger partial charge in [0.2, 0.25) is 5.79 Å². The third-order valence-corrected chi connectivity index (χ3v) is 4.81. The van der Waals surface area contributed by atoms with E-state index in [-0.39, 0.29) is 0 Å². The zero-order valence-electron chi connectivity index (χ0n) is 15.0. The van der Waals surface area contributed by atoms with E-state index in [0.717, 1.165) is 30.2 Å². The third kappa shape index (κ3) is 3.11. The molecule has 2 aromatic heterocycles. The summed E-state index contributed by atoms with van der Waals surface area (Å²) in [6.07, 6.45) is 2.79. The number of ether oxygens (including phenoxy) is 1. The van der Waals surface area contributed by atoms with Gasteiger partial charge in [0, 0.05) is 29.2 Å². The summed E-state index contributed by atoms with van der Waals surface area (Å²) in [5.74, 6) is -0.425. The first kappa shape index (κ1) is 17.1. The van der Waals surface area contributed by atoms with Crippen LogP contribution in [0.25, 0.3) is 5.82 Å². The maximum atomic E-state index is 11.0. The van der Waals surface area contributed by atoms with Gasteiger partial charge in [0.1, 0.15) is 5.82 Å². The van der Waals surface area contributed by atoms with Gasteiger partial charge in [0.15, 0.2) is 0 Å². The van der Waals surface area contributed by atoms with Gasteiger partial charge in [0.05, 0.1) is 13.2 Å². The lowest BCUT2D eigenvalue weighted by Crippen LogP contribution is -2.54. The fourth-order valence-corrected chi connectivity index (χ4v) is 3.38. The van der Waals surface area contributed by atoms with E-state index in [0.29, 0.717) is 24.8 Å². The molecule has 2 aromatic rings. The number of pyridine rings is 1. The Morgan fingerprint density at radius 3 is 2.54 bits per heavy atom. The Morgan fingerprint density at radius 1 is 1.25 bits per heavy atom. The van der Waals surface area contributed by atoms with E-state index in [2.05, 4.69) is 54.3 Å². The van der Waals surface area contributed by atoms with E-state index in [4.69, 9.17) is 4.74 Å². The maximum absolute atomic E-state index is 11.0. The van der Waals surface area contributed by atoms with Crippen molar-refractivity contribution in [3.63, 3.8) is 0 Å². The van der Waals surface area contributed by atoms with Crippen molar-refractivity contribution in [2.45, 2.75) is 45.9 Å². The van der Waals surface area contributed by atoms with Crippen LogP contribution in [0.3, 0.4) is 0 Å². The van der Waals surface area contributed by atoms with Crippen LogP contribution in [0.5, 0.6) is 0 Å². The molecule has 1 N–H and O–H groups in total. The topological polar surface area (TPSA) is 50.5 Å². The number of β-amino-alcohol motifs (C(OH)–C–C–N with tert-alkyl or cyclic N) is 1. The summed E-state index contributed by atoms with van der Waals surface area (Å²) in [5.41, 5.74) is 2.99. The molecule has 2 atom stereocenters. The van der Waals surface area contributed by atoms with Gasteiger partial charge < -0.3 is 14.4 Å². The minimum Gasteiger partial charge on any atom is -0.361 e. The van der Waals surface area contributed by atoms with Crippen molar-refractivity contribution >= 4 is 0 Å². The van der Waals surface area contributed by atoms with E-state index in [1.807, 2.05) is 12.1 Å². The highest BCUT2D eigenvalue weighted by atomic mass is 16.6. The summed E-state index contributed by atoms with van der Waals surface area (Å²) in [5, 5.41) is 11.0. The van der Waals surface area contributed by atoms with Gasteiger partial charge in [0.25, 0.3) is 0 Å². The zero-order chi connectivity index (χ0) is 17.3. The average Bonchev–Trinajstić information content (AvgIpc) is 2.90. The van der Waals surface area contributed by atoms with Crippen molar-refractivity contribution in [1.82, 2.24) is 14.5 Å². The summed E-state index contributed by atoms with van der Waals surface area (Å²) >= 11 is 0. The predicted molar refractivity (Wildman–Crippen MR) is 94.2 cm³/mol. The second kappa shape index (κ2) is 6.67. The molecule has 1 unspecified atom stereocenters. The Hall–Kier alpha value is -1.69. The molecular formula is C19H27N3O2. The number of nitrogens with zero attached hydrogens (tertiary/aromatic N) is 3. The lowest BCUT2D eigenvalue weighted by Gasteiger charge is -2.42. The summed E-state index contributed by atoms with van der Waals surface area (Å²) in [7, 11) is 0. The molecule has 0 aromatic carbocycles. The molecule has 0 amide bonds. The smallest absolute Gasteiger partial charge is 0.207 e. The van der Waals surface area contributed by atoms with E-state index in [1.165, 1.54) is 0 Å². The standard InChI is InChI=1S/C19H27N3O2/c1-5-10-21-13-19(23,24-12-16(21)4)17-8-9-18(20-11-17)22-14(2)6-7-15(22)3/h6-9,11,16,23H,5,10,12-13H2,1-4H3/t16-,19?/m0/s1. The van der Waals surface area contributed by atoms with Crippen molar-refractivity contribution in [1.29, 1.82) is 0 Å². The normalized spacial score (nSPS) is 25.1. The summed E-state index contributed by atoms with van der Waals surface area (Å²) in [6.45, 7) is 10.4. The van der Waals surface area contributed by atoms with E-state index in [1.54, 1.807) is 6.20 Å². The van der Waals surface area contributed by atoms with Crippen LogP contribution in [-0.2, 0) is 10.5 Å². The van der Waals surface area contributed by atoms with Gasteiger partial charge in [-0.2, -0.15) is 0 Å². The molecule has 0 aliphatic carbocycles. The van der Waals surface area contributed by atoms with Crippen molar-refractivity contribution in [2.75, 3.05) is 19.7 Å². The van der Waals surface area contributed by atoms with Crippen molar-refractivity contribution < 1.29 is 9.84 Å². The monoisotopic (exact) mass is 329 g/mol. The largest absolute Gasteiger partial charge is 0.361 e. The summed E-state index contributed by atoms with van der Waals surface area (Å²) in [6, 6.07) is 8.34. The molecule has 130 valence electrons. The molecule has 3 rings (SSSR count). The molecule has 3 heterocycles. The lowest BCUT2D eigenvalue weighted by molar-refractivity contribution is -0.259. The van der Waals surface area contributed by atoms with Gasteiger partial charge >= 0.3 is 0 Å². The Balaban J connectivity index is 1.85. The quantitative estimate of drug-likeness (QED) is 0.937. The van der Waals surface area contributed by atoms with E-state index < -0.39 is 5.79 Å². The average molecular weight is 329 g/mol. The SMILES string of the molecule is CCCN1CC(O)(c2ccc(-n3c(C)ccc3C)nc2)OC[C@@H]1C. The first-order valence-electron chi connectivity index (χ1n) is 8.67. The second-order valence-electron chi connectivity index (χ2n) is 6.77. The van der Waals surface area contributed by atoms with Gasteiger partial charge in [-0.05, 0) is 58.0 Å². The van der Waals surface area contributed by atoms with Crippen LogP contribution in [0.1, 0.15) is 37.2 Å². The second-order valence-corrected chi connectivity index (χ2v) is 6.77. The van der Waals surface area contributed by atoms with Gasteiger partial charge in [-0.25, -0.2) is 4.98 Å². The fourth-order valence-electron chi connectivity index (χ4n) is 3.38. The molecule has 0 spiro atoms. The molecule has 0 saturated carbocycles. The third-order valence-electron chi connectivity index (χ3n) is 4.81. The molecule has 1 fully saturated rings. The van der Waals surface area contributed by atoms with Crippen molar-refractivity contribution in [2.24, 2.45) is 0 Å². The van der Waals surface area contributed by atoms with Crippen molar-refractivity contribution in [3.8, 4) is 5.82 Å². The molecule has 0 radical (unpaired) electrons. The molecule has 24 heavy (non-hydrogen) atoms. The van der Waals surface area contributed by atoms with E-state index in [9.17, 15) is 5.11 Å². The number of aliphatic hydroxyl groups is 1. The number of rotatable bonds is 4. The Morgan fingerprint density at radius 2 is 1.96 bits per heavy atom. The number of hydrogen-bond acceptors (Lipinski definition) is 4. The van der Waals surface area contributed by atoms with Crippen LogP contribution >= 0.6 is 0 Å². The number of morpholine rings is 1. The van der Waals surface area contributed by atoms with Crippen LogP contribution in [-0.4, -0.2) is 45.3 Å². The minimum absolute atomic E-state index is 0.322. The van der Waals surface area contributed by atoms with E-state index >= 15 is 0 Å². The number of hydrogen-bond donors (Lipinski definition) is 1. The Labute approximate surface area is 143 Å². The maximum Gasteiger partial charge on any atom is 0.207 e. The number of aryl methyl sites for hydroxylation is 2. The highest BCUT2D eigenvalue weighted by Gasteiger charge is 2.39. The molecule has 5 nitrogen and oxygen atoms in total. The van der Waals surface area contributed by atoms with Crippen LogP contribution in [0.2, 0.25) is 0 Å². The van der Waals surface area contributed by atoms with Crippen LogP contribution in [0.15, 0.2) is 30.5 Å². The first-order valence-corrected chi connectivity index (χ1v) is 8.67. The first-order chi connectivity index (χ1) is 11.4. The Bertz CT molecular complexity index is 676. The van der Waals surface area contributed by atoms with Gasteiger partial charge in [-0.1, -0.05) is 6.92 Å². The van der Waals surface area contributed by atoms with Crippen molar-refractivity contribution in [3.05, 3.63) is 47.4 Å². The molecule has 1 aliphatic heterocycles. The molecule has 0 bridgehead atoms. The molecule has 5 heteroatoms. The summed E-state index contributed by atoms with van der Waals surface area (Å²) in [4.78, 5) is 6.83. The molecular weight excluding hydrogens is 302 g/mol. The predicted octanol–water partition coefficient (Wildman–Crippen LogP) is 2.76. The van der Waals surface area contributed by atoms with Crippen LogP contribution in [0.4, 0.5) is 0 Å². The highest BCUT2D eigenvalue weighted by molar-refractivity contribution is 5.33. The highest BCUT2D eigenvalue weighted by Crippen LogP contribution is 2.29. The van der Waals surface area contributed by atoms with Crippen LogP contribution < -0.4 is 0 Å². The van der Waals surface area contributed by atoms with Gasteiger partial charge in [-0.3, -0.25) is 4.90 Å². The minimum atomic E-state index is -1.28. The zero-order valence-corrected chi connectivity index (χ0v) is 15.0. The van der Waals surface area contributed by atoms with Gasteiger partial charge in [-0.15, -0.1) is 0 Å². The lowest BCUT2D eigenvalue weighted by atomic mass is 10.0. The van der Waals surface area contributed by atoms with Crippen LogP contribution in [0, 0.1) is 13.8 Å². The number of aromatic nitrogens is 2. The Kier molecular flexibility index (Phi) is 4.76. The fraction of sp³-hybridized carbons (Fsp3) is 0.526. The molecule has 1 aliphatic rings.